The lowest BCUT2D eigenvalue weighted by Gasteiger charge is -2.44. The smallest absolute Gasteiger partial charge is 0.320 e. The summed E-state index contributed by atoms with van der Waals surface area (Å²) >= 11 is 5.92. The van der Waals surface area contributed by atoms with Crippen molar-refractivity contribution in [3.8, 4) is 5.75 Å². The van der Waals surface area contributed by atoms with E-state index in [1.165, 1.54) is 12.1 Å². The lowest BCUT2D eigenvalue weighted by Crippen LogP contribution is -2.67. The maximum absolute atomic E-state index is 15.2. The molecule has 0 aromatic heterocycles. The van der Waals surface area contributed by atoms with Gasteiger partial charge in [0.25, 0.3) is 0 Å². The number of benzene rings is 1. The van der Waals surface area contributed by atoms with Crippen LogP contribution in [0.5, 0.6) is 5.75 Å². The molecule has 0 radical (unpaired) electrons. The summed E-state index contributed by atoms with van der Waals surface area (Å²) in [5.74, 6) is -0.312. The molecule has 3 fully saturated rings. The van der Waals surface area contributed by atoms with E-state index < -0.39 is 11.5 Å². The van der Waals surface area contributed by atoms with Gasteiger partial charge in [0.05, 0.1) is 17.6 Å². The second kappa shape index (κ2) is 8.55. The second-order valence-corrected chi connectivity index (χ2v) is 8.59. The number of nitrogens with zero attached hydrogens (tertiary/aromatic N) is 2. The molecular weight excluding hydrogens is 418 g/mol. The van der Waals surface area contributed by atoms with E-state index in [-0.39, 0.29) is 67.3 Å². The molecule has 3 aliphatic rings. The van der Waals surface area contributed by atoms with Crippen LogP contribution < -0.4 is 15.4 Å². The molecule has 3 aliphatic heterocycles. The standard InChI is InChI=1S/C20H25ClF2N4O3/c21-14-9-13(22)1-2-17(14)30-12-20(23)4-7-26(8-5-20)19(29)27-6-3-15-16(11-27)25-18(28)10-24-15/h1-2,9,15-16,24H,3-8,10-12H2,(H,25,28)/t15-,16+/m0/s1. The summed E-state index contributed by atoms with van der Waals surface area (Å²) in [5, 5.41) is 6.23. The van der Waals surface area contributed by atoms with Crippen molar-refractivity contribution in [1.82, 2.24) is 20.4 Å². The molecule has 3 saturated heterocycles. The van der Waals surface area contributed by atoms with Crippen molar-refractivity contribution in [3.63, 3.8) is 0 Å². The maximum Gasteiger partial charge on any atom is 0.320 e. The van der Waals surface area contributed by atoms with Gasteiger partial charge < -0.3 is 25.2 Å². The minimum absolute atomic E-state index is 0.0630. The molecule has 0 unspecified atom stereocenters. The molecule has 1 aromatic rings. The summed E-state index contributed by atoms with van der Waals surface area (Å²) in [6.07, 6.45) is 1.06. The average Bonchev–Trinajstić information content (AvgIpc) is 2.72. The van der Waals surface area contributed by atoms with Gasteiger partial charge in [-0.2, -0.15) is 0 Å². The quantitative estimate of drug-likeness (QED) is 0.750. The molecule has 0 saturated carbocycles. The molecule has 0 spiro atoms. The molecule has 4 rings (SSSR count). The molecule has 30 heavy (non-hydrogen) atoms. The third-order valence-corrected chi connectivity index (χ3v) is 6.36. The number of carbonyl (C=O) groups is 2. The van der Waals surface area contributed by atoms with Crippen molar-refractivity contribution in [3.05, 3.63) is 29.0 Å². The fourth-order valence-corrected chi connectivity index (χ4v) is 4.46. The van der Waals surface area contributed by atoms with Gasteiger partial charge in [-0.25, -0.2) is 13.6 Å². The summed E-state index contributed by atoms with van der Waals surface area (Å²) in [6.45, 7) is 1.73. The Labute approximate surface area is 178 Å². The van der Waals surface area contributed by atoms with Crippen molar-refractivity contribution in [2.24, 2.45) is 0 Å². The van der Waals surface area contributed by atoms with E-state index in [1.54, 1.807) is 9.80 Å². The molecule has 7 nitrogen and oxygen atoms in total. The van der Waals surface area contributed by atoms with Crippen LogP contribution in [0.25, 0.3) is 0 Å². The monoisotopic (exact) mass is 442 g/mol. The number of piperazine rings is 1. The highest BCUT2D eigenvalue weighted by Crippen LogP contribution is 2.31. The first-order valence-electron chi connectivity index (χ1n) is 10.2. The Morgan fingerprint density at radius 1 is 1.23 bits per heavy atom. The van der Waals surface area contributed by atoms with Crippen LogP contribution in [0.1, 0.15) is 19.3 Å². The van der Waals surface area contributed by atoms with Gasteiger partial charge in [-0.05, 0) is 24.6 Å². The van der Waals surface area contributed by atoms with Crippen molar-refractivity contribution < 1.29 is 23.1 Å². The maximum atomic E-state index is 15.2. The number of carbonyl (C=O) groups excluding carboxylic acids is 2. The Morgan fingerprint density at radius 3 is 2.73 bits per heavy atom. The van der Waals surface area contributed by atoms with E-state index in [0.717, 1.165) is 12.5 Å². The molecule has 164 valence electrons. The van der Waals surface area contributed by atoms with Gasteiger partial charge in [-0.3, -0.25) is 4.79 Å². The Morgan fingerprint density at radius 2 is 2.00 bits per heavy atom. The largest absolute Gasteiger partial charge is 0.489 e. The van der Waals surface area contributed by atoms with Crippen molar-refractivity contribution in [1.29, 1.82) is 0 Å². The number of nitrogens with one attached hydrogen (secondary N) is 2. The average molecular weight is 443 g/mol. The number of rotatable bonds is 3. The first-order valence-corrected chi connectivity index (χ1v) is 10.5. The van der Waals surface area contributed by atoms with Crippen LogP contribution in [0.3, 0.4) is 0 Å². The van der Waals surface area contributed by atoms with E-state index in [4.69, 9.17) is 16.3 Å². The topological polar surface area (TPSA) is 73.9 Å². The number of alkyl halides is 1. The summed E-state index contributed by atoms with van der Waals surface area (Å²) in [7, 11) is 0. The number of urea groups is 1. The fourth-order valence-electron chi connectivity index (χ4n) is 4.24. The zero-order valence-corrected chi connectivity index (χ0v) is 17.3. The predicted octanol–water partition coefficient (Wildman–Crippen LogP) is 1.94. The van der Waals surface area contributed by atoms with Crippen LogP contribution >= 0.6 is 11.6 Å². The predicted molar refractivity (Wildman–Crippen MR) is 107 cm³/mol. The van der Waals surface area contributed by atoms with E-state index in [0.29, 0.717) is 19.6 Å². The van der Waals surface area contributed by atoms with Gasteiger partial charge in [0.2, 0.25) is 5.91 Å². The van der Waals surface area contributed by atoms with Gasteiger partial charge in [-0.15, -0.1) is 0 Å². The molecule has 0 aliphatic carbocycles. The Kier molecular flexibility index (Phi) is 6.02. The highest BCUT2D eigenvalue weighted by atomic mass is 35.5. The molecule has 0 bridgehead atoms. The van der Waals surface area contributed by atoms with E-state index in [2.05, 4.69) is 10.6 Å². The SMILES string of the molecule is O=C1CN[C@H]2CCN(C(=O)N3CCC(F)(COc4ccc(F)cc4Cl)CC3)C[C@H]2N1. The summed E-state index contributed by atoms with van der Waals surface area (Å²) < 4.78 is 33.8. The van der Waals surface area contributed by atoms with Crippen LogP contribution in [-0.2, 0) is 4.79 Å². The van der Waals surface area contributed by atoms with Gasteiger partial charge in [0.15, 0.2) is 0 Å². The molecule has 2 N–H and O–H groups in total. The lowest BCUT2D eigenvalue weighted by molar-refractivity contribution is -0.123. The van der Waals surface area contributed by atoms with Crippen LogP contribution in [0, 0.1) is 5.82 Å². The Balaban J connectivity index is 1.28. The molecular formula is C20H25ClF2N4O3. The number of likely N-dealkylation sites (tertiary alicyclic amines) is 2. The van der Waals surface area contributed by atoms with E-state index in [1.807, 2.05) is 0 Å². The number of hydrogen-bond acceptors (Lipinski definition) is 4. The van der Waals surface area contributed by atoms with E-state index >= 15 is 4.39 Å². The zero-order chi connectivity index (χ0) is 21.3. The number of piperidine rings is 2. The first kappa shape index (κ1) is 21.1. The number of hydrogen-bond donors (Lipinski definition) is 2. The van der Waals surface area contributed by atoms with Crippen LogP contribution in [0.4, 0.5) is 13.6 Å². The highest BCUT2D eigenvalue weighted by Gasteiger charge is 2.40. The minimum Gasteiger partial charge on any atom is -0.489 e. The van der Waals surface area contributed by atoms with Gasteiger partial charge in [0.1, 0.15) is 23.8 Å². The van der Waals surface area contributed by atoms with Gasteiger partial charge >= 0.3 is 6.03 Å². The second-order valence-electron chi connectivity index (χ2n) is 8.18. The van der Waals surface area contributed by atoms with Crippen LogP contribution in [0.2, 0.25) is 5.02 Å². The first-order chi connectivity index (χ1) is 14.3. The van der Waals surface area contributed by atoms with Gasteiger partial charge in [-0.1, -0.05) is 11.6 Å². The van der Waals surface area contributed by atoms with Crippen molar-refractivity contribution in [2.45, 2.75) is 37.0 Å². The fraction of sp³-hybridized carbons (Fsp3) is 0.600. The number of amides is 3. The molecule has 3 heterocycles. The Hall–Kier alpha value is -2.13. The lowest BCUT2D eigenvalue weighted by atomic mass is 9.94. The van der Waals surface area contributed by atoms with Crippen LogP contribution in [-0.4, -0.2) is 78.8 Å². The molecule has 10 heteroatoms. The summed E-state index contributed by atoms with van der Waals surface area (Å²) in [5.41, 5.74) is -1.58. The normalized spacial score (nSPS) is 26.0. The van der Waals surface area contributed by atoms with Crippen LogP contribution in [0.15, 0.2) is 18.2 Å². The zero-order valence-electron chi connectivity index (χ0n) is 16.5. The molecule has 1 aromatic carbocycles. The third-order valence-electron chi connectivity index (χ3n) is 6.06. The number of halogens is 3. The summed E-state index contributed by atoms with van der Waals surface area (Å²) in [4.78, 5) is 27.9. The minimum atomic E-state index is -1.58. The summed E-state index contributed by atoms with van der Waals surface area (Å²) in [6, 6.07) is 3.67. The molecule has 2 atom stereocenters. The highest BCUT2D eigenvalue weighted by molar-refractivity contribution is 6.32. The van der Waals surface area contributed by atoms with Crippen molar-refractivity contribution in [2.75, 3.05) is 39.3 Å². The van der Waals surface area contributed by atoms with E-state index in [9.17, 15) is 14.0 Å². The Bertz CT molecular complexity index is 819. The third kappa shape index (κ3) is 4.62. The number of fused-ring (bicyclic) bond motifs is 1. The van der Waals surface area contributed by atoms with Gasteiger partial charge in [0, 0.05) is 45.1 Å². The number of ether oxygens (including phenoxy) is 1. The molecule has 3 amide bonds. The van der Waals surface area contributed by atoms with Crippen molar-refractivity contribution >= 4 is 23.5 Å².